The summed E-state index contributed by atoms with van der Waals surface area (Å²) in [5.74, 6) is 0. The van der Waals surface area contributed by atoms with Crippen molar-refractivity contribution in [3.05, 3.63) is 30.3 Å². The maximum Gasteiger partial charge on any atom is 0.240 e. The van der Waals surface area contributed by atoms with Crippen LogP contribution in [-0.2, 0) is 10.0 Å². The van der Waals surface area contributed by atoms with Crippen LogP contribution in [0, 0.1) is 0 Å². The topological polar surface area (TPSA) is 61.4 Å². The lowest BCUT2D eigenvalue weighted by molar-refractivity contribution is 0.198. The summed E-state index contributed by atoms with van der Waals surface area (Å²) in [4.78, 5) is 2.63. The molecule has 0 amide bonds. The lowest BCUT2D eigenvalue weighted by Crippen LogP contribution is -2.46. The van der Waals surface area contributed by atoms with Gasteiger partial charge in [-0.25, -0.2) is 13.1 Å². The highest BCUT2D eigenvalue weighted by Gasteiger charge is 2.19. The quantitative estimate of drug-likeness (QED) is 0.809. The second-order valence-corrected chi connectivity index (χ2v) is 6.91. The monoisotopic (exact) mass is 297 g/mol. The molecule has 1 aliphatic rings. The average Bonchev–Trinajstić information content (AvgIpc) is 2.48. The highest BCUT2D eigenvalue weighted by atomic mass is 32.2. The SMILES string of the molecule is CNC1CCCN(CCNS(=O)(=O)c2ccccc2)C1. The highest BCUT2D eigenvalue weighted by Crippen LogP contribution is 2.10. The minimum absolute atomic E-state index is 0.326. The summed E-state index contributed by atoms with van der Waals surface area (Å²) in [5, 5.41) is 3.29. The van der Waals surface area contributed by atoms with Crippen LogP contribution >= 0.6 is 0 Å². The van der Waals surface area contributed by atoms with Gasteiger partial charge in [0.2, 0.25) is 10.0 Å². The van der Waals surface area contributed by atoms with Gasteiger partial charge in [0.05, 0.1) is 4.90 Å². The van der Waals surface area contributed by atoms with Crippen LogP contribution in [0.25, 0.3) is 0 Å². The third-order valence-corrected chi connectivity index (χ3v) is 5.16. The second-order valence-electron chi connectivity index (χ2n) is 5.14. The van der Waals surface area contributed by atoms with Crippen LogP contribution in [0.15, 0.2) is 35.2 Å². The summed E-state index contributed by atoms with van der Waals surface area (Å²) >= 11 is 0. The number of likely N-dealkylation sites (tertiary alicyclic amines) is 1. The second kappa shape index (κ2) is 7.17. The van der Waals surface area contributed by atoms with Crippen LogP contribution in [-0.4, -0.2) is 52.6 Å². The van der Waals surface area contributed by atoms with E-state index in [1.54, 1.807) is 24.3 Å². The van der Waals surface area contributed by atoms with E-state index in [4.69, 9.17) is 0 Å². The molecule has 1 aromatic rings. The summed E-state index contributed by atoms with van der Waals surface area (Å²) in [6, 6.07) is 9.02. The molecule has 0 bridgehead atoms. The van der Waals surface area contributed by atoms with Crippen molar-refractivity contribution in [3.63, 3.8) is 0 Å². The molecule has 5 nitrogen and oxygen atoms in total. The minimum Gasteiger partial charge on any atom is -0.316 e. The number of sulfonamides is 1. The number of rotatable bonds is 6. The molecule has 112 valence electrons. The van der Waals surface area contributed by atoms with Gasteiger partial charge in [-0.2, -0.15) is 0 Å². The van der Waals surface area contributed by atoms with Crippen LogP contribution < -0.4 is 10.0 Å². The molecule has 6 heteroatoms. The largest absolute Gasteiger partial charge is 0.316 e. The summed E-state index contributed by atoms with van der Waals surface area (Å²) in [5.41, 5.74) is 0. The number of nitrogens with zero attached hydrogens (tertiary/aromatic N) is 1. The number of nitrogens with one attached hydrogen (secondary N) is 2. The predicted molar refractivity (Wildman–Crippen MR) is 80.2 cm³/mol. The Bertz CT molecular complexity index is 504. The lowest BCUT2D eigenvalue weighted by Gasteiger charge is -2.32. The smallest absolute Gasteiger partial charge is 0.240 e. The summed E-state index contributed by atoms with van der Waals surface area (Å²) < 4.78 is 26.8. The van der Waals surface area contributed by atoms with E-state index in [9.17, 15) is 8.42 Å². The molecule has 1 fully saturated rings. The van der Waals surface area contributed by atoms with Crippen molar-refractivity contribution < 1.29 is 8.42 Å². The van der Waals surface area contributed by atoms with Crippen LogP contribution in [0.4, 0.5) is 0 Å². The van der Waals surface area contributed by atoms with Crippen LogP contribution in [0.1, 0.15) is 12.8 Å². The molecule has 1 aromatic carbocycles. The molecule has 1 unspecified atom stereocenters. The fourth-order valence-corrected chi connectivity index (χ4v) is 3.56. The van der Waals surface area contributed by atoms with Crippen molar-refractivity contribution in [1.29, 1.82) is 0 Å². The molecule has 1 atom stereocenters. The van der Waals surface area contributed by atoms with Gasteiger partial charge in [0.15, 0.2) is 0 Å². The molecule has 1 aliphatic heterocycles. The maximum absolute atomic E-state index is 12.1. The van der Waals surface area contributed by atoms with Gasteiger partial charge < -0.3 is 10.2 Å². The van der Waals surface area contributed by atoms with Crippen LogP contribution in [0.5, 0.6) is 0 Å². The molecule has 1 heterocycles. The van der Waals surface area contributed by atoms with E-state index in [2.05, 4.69) is 14.9 Å². The first-order valence-corrected chi connectivity index (χ1v) is 8.54. The van der Waals surface area contributed by atoms with E-state index in [1.807, 2.05) is 13.1 Å². The van der Waals surface area contributed by atoms with E-state index in [-0.39, 0.29) is 0 Å². The van der Waals surface area contributed by atoms with Gasteiger partial charge in [-0.15, -0.1) is 0 Å². The molecular formula is C14H23N3O2S. The summed E-state index contributed by atoms with van der Waals surface area (Å²) in [6.07, 6.45) is 2.36. The number of hydrogen-bond acceptors (Lipinski definition) is 4. The fourth-order valence-electron chi connectivity index (χ4n) is 2.52. The van der Waals surface area contributed by atoms with E-state index in [0.29, 0.717) is 17.5 Å². The fraction of sp³-hybridized carbons (Fsp3) is 0.571. The van der Waals surface area contributed by atoms with Crippen LogP contribution in [0.2, 0.25) is 0 Å². The molecule has 2 N–H and O–H groups in total. The molecule has 0 radical (unpaired) electrons. The Kier molecular flexibility index (Phi) is 5.54. The Morgan fingerprint density at radius 2 is 2.05 bits per heavy atom. The highest BCUT2D eigenvalue weighted by molar-refractivity contribution is 7.89. The summed E-state index contributed by atoms with van der Waals surface area (Å²) in [7, 11) is -1.39. The van der Waals surface area contributed by atoms with Gasteiger partial charge >= 0.3 is 0 Å². The molecule has 0 aromatic heterocycles. The van der Waals surface area contributed by atoms with Gasteiger partial charge in [0.25, 0.3) is 0 Å². The van der Waals surface area contributed by atoms with Crippen molar-refractivity contribution in [3.8, 4) is 0 Å². The number of likely N-dealkylation sites (N-methyl/N-ethyl adjacent to an activating group) is 1. The Balaban J connectivity index is 1.81. The van der Waals surface area contributed by atoms with Gasteiger partial charge in [-0.3, -0.25) is 0 Å². The van der Waals surface area contributed by atoms with Crippen molar-refractivity contribution in [2.45, 2.75) is 23.8 Å². The van der Waals surface area contributed by atoms with Gasteiger partial charge in [0, 0.05) is 25.7 Å². The third-order valence-electron chi connectivity index (χ3n) is 3.69. The molecule has 20 heavy (non-hydrogen) atoms. The molecule has 2 rings (SSSR count). The Labute approximate surface area is 121 Å². The van der Waals surface area contributed by atoms with Crippen LogP contribution in [0.3, 0.4) is 0 Å². The zero-order chi connectivity index (χ0) is 14.4. The Hall–Kier alpha value is -0.950. The first-order chi connectivity index (χ1) is 9.62. The van der Waals surface area contributed by atoms with E-state index < -0.39 is 10.0 Å². The van der Waals surface area contributed by atoms with E-state index >= 15 is 0 Å². The maximum atomic E-state index is 12.1. The molecule has 0 aliphatic carbocycles. The average molecular weight is 297 g/mol. The van der Waals surface area contributed by atoms with Crippen molar-refractivity contribution in [2.75, 3.05) is 33.2 Å². The third kappa shape index (κ3) is 4.28. The van der Waals surface area contributed by atoms with Gasteiger partial charge in [-0.05, 0) is 38.6 Å². The molecule has 0 saturated carbocycles. The summed E-state index contributed by atoms with van der Waals surface area (Å²) in [6.45, 7) is 3.24. The minimum atomic E-state index is -3.37. The number of piperidine rings is 1. The zero-order valence-corrected chi connectivity index (χ0v) is 12.7. The zero-order valence-electron chi connectivity index (χ0n) is 11.9. The van der Waals surface area contributed by atoms with E-state index in [0.717, 1.165) is 26.1 Å². The first kappa shape index (κ1) is 15.4. The Morgan fingerprint density at radius 1 is 1.30 bits per heavy atom. The molecular weight excluding hydrogens is 274 g/mol. The number of hydrogen-bond donors (Lipinski definition) is 2. The standard InChI is InChI=1S/C14H23N3O2S/c1-15-13-6-5-10-17(12-13)11-9-16-20(18,19)14-7-3-2-4-8-14/h2-4,7-8,13,15-16H,5-6,9-12H2,1H3. The predicted octanol–water partition coefficient (Wildman–Crippen LogP) is 0.649. The molecule has 0 spiro atoms. The Morgan fingerprint density at radius 3 is 2.75 bits per heavy atom. The van der Waals surface area contributed by atoms with Crippen molar-refractivity contribution in [2.24, 2.45) is 0 Å². The normalized spacial score (nSPS) is 20.9. The van der Waals surface area contributed by atoms with Gasteiger partial charge in [-0.1, -0.05) is 18.2 Å². The number of benzene rings is 1. The van der Waals surface area contributed by atoms with E-state index in [1.165, 1.54) is 6.42 Å². The first-order valence-electron chi connectivity index (χ1n) is 7.06. The van der Waals surface area contributed by atoms with Crippen molar-refractivity contribution >= 4 is 10.0 Å². The lowest BCUT2D eigenvalue weighted by atomic mass is 10.1. The molecule has 1 saturated heterocycles. The van der Waals surface area contributed by atoms with Gasteiger partial charge in [0.1, 0.15) is 0 Å². The van der Waals surface area contributed by atoms with Crippen molar-refractivity contribution in [1.82, 2.24) is 14.9 Å².